The maximum absolute atomic E-state index is 8.74. The molecule has 0 spiro atoms. The Balaban J connectivity index is 1.98. The summed E-state index contributed by atoms with van der Waals surface area (Å²) in [5.74, 6) is 0. The van der Waals surface area contributed by atoms with Crippen LogP contribution in [0.3, 0.4) is 0 Å². The highest BCUT2D eigenvalue weighted by Crippen LogP contribution is 2.04. The van der Waals surface area contributed by atoms with Gasteiger partial charge in [0.15, 0.2) is 6.10 Å². The molecule has 92 valence electrons. The molecule has 0 bridgehead atoms. The zero-order valence-electron chi connectivity index (χ0n) is 9.85. The largest absolute Gasteiger partial charge is 0.382 e. The fourth-order valence-electron chi connectivity index (χ4n) is 1.62. The van der Waals surface area contributed by atoms with E-state index in [-0.39, 0.29) is 6.10 Å². The molecule has 0 radical (unpaired) electrons. The highest BCUT2D eigenvalue weighted by molar-refractivity contribution is 4.89. The summed E-state index contributed by atoms with van der Waals surface area (Å²) in [5, 5.41) is 8.74. The molecule has 1 aliphatic heterocycles. The third-order valence-corrected chi connectivity index (χ3v) is 2.49. The standard InChI is InChI=1S/C11H20N2O3/c1-14-7-8-15-5-2-3-13-4-6-16-11(9-12)10-13/h11H,2-8,10H2,1H3. The van der Waals surface area contributed by atoms with Gasteiger partial charge in [0, 0.05) is 33.4 Å². The van der Waals surface area contributed by atoms with E-state index in [1.165, 1.54) is 0 Å². The number of hydrogen-bond donors (Lipinski definition) is 0. The van der Waals surface area contributed by atoms with Gasteiger partial charge in [-0.15, -0.1) is 0 Å². The summed E-state index contributed by atoms with van der Waals surface area (Å²) in [6.45, 7) is 5.30. The molecule has 0 N–H and O–H groups in total. The molecule has 1 aliphatic rings. The second kappa shape index (κ2) is 8.48. The molecular formula is C11H20N2O3. The number of rotatable bonds is 7. The van der Waals surface area contributed by atoms with Crippen molar-refractivity contribution in [1.29, 1.82) is 5.26 Å². The van der Waals surface area contributed by atoms with E-state index in [0.717, 1.165) is 26.1 Å². The molecular weight excluding hydrogens is 208 g/mol. The second-order valence-corrected chi connectivity index (χ2v) is 3.75. The Kier molecular flexibility index (Phi) is 7.10. The molecule has 5 heteroatoms. The Morgan fingerprint density at radius 1 is 1.44 bits per heavy atom. The van der Waals surface area contributed by atoms with E-state index >= 15 is 0 Å². The minimum absolute atomic E-state index is 0.261. The lowest BCUT2D eigenvalue weighted by atomic mass is 10.3. The van der Waals surface area contributed by atoms with E-state index in [2.05, 4.69) is 11.0 Å². The van der Waals surface area contributed by atoms with Crippen LogP contribution in [-0.2, 0) is 14.2 Å². The molecule has 1 unspecified atom stereocenters. The number of morpholine rings is 1. The normalized spacial score (nSPS) is 21.9. The Labute approximate surface area is 96.9 Å². The van der Waals surface area contributed by atoms with Crippen LogP contribution in [0, 0.1) is 11.3 Å². The highest BCUT2D eigenvalue weighted by atomic mass is 16.5. The number of nitrogens with zero attached hydrogens (tertiary/aromatic N) is 2. The molecule has 0 saturated carbocycles. The van der Waals surface area contributed by atoms with Crippen molar-refractivity contribution in [1.82, 2.24) is 4.90 Å². The molecule has 0 aliphatic carbocycles. The van der Waals surface area contributed by atoms with Crippen molar-refractivity contribution in [3.63, 3.8) is 0 Å². The number of ether oxygens (including phenoxy) is 3. The molecule has 1 atom stereocenters. The molecule has 5 nitrogen and oxygen atoms in total. The topological polar surface area (TPSA) is 54.7 Å². The zero-order valence-corrected chi connectivity index (χ0v) is 9.85. The lowest BCUT2D eigenvalue weighted by Gasteiger charge is -2.29. The molecule has 16 heavy (non-hydrogen) atoms. The first-order chi connectivity index (χ1) is 7.86. The fraction of sp³-hybridized carbons (Fsp3) is 0.909. The van der Waals surface area contributed by atoms with Crippen LogP contribution in [0.1, 0.15) is 6.42 Å². The van der Waals surface area contributed by atoms with Crippen molar-refractivity contribution in [2.45, 2.75) is 12.5 Å². The fourth-order valence-corrected chi connectivity index (χ4v) is 1.62. The quantitative estimate of drug-likeness (QED) is 0.585. The van der Waals surface area contributed by atoms with Crippen LogP contribution < -0.4 is 0 Å². The number of methoxy groups -OCH3 is 1. The SMILES string of the molecule is COCCOCCCN1CCOC(C#N)C1. The van der Waals surface area contributed by atoms with Gasteiger partial charge in [0.1, 0.15) is 0 Å². The van der Waals surface area contributed by atoms with Gasteiger partial charge in [0.05, 0.1) is 25.9 Å². The minimum atomic E-state index is -0.261. The molecule has 0 amide bonds. The number of nitriles is 1. The summed E-state index contributed by atoms with van der Waals surface area (Å²) >= 11 is 0. The van der Waals surface area contributed by atoms with E-state index in [4.69, 9.17) is 19.5 Å². The first kappa shape index (κ1) is 13.4. The lowest BCUT2D eigenvalue weighted by molar-refractivity contribution is -0.00406. The molecule has 1 rings (SSSR count). The van der Waals surface area contributed by atoms with Gasteiger partial charge < -0.3 is 14.2 Å². The molecule has 0 aromatic heterocycles. The van der Waals surface area contributed by atoms with Crippen LogP contribution in [0.4, 0.5) is 0 Å². The maximum atomic E-state index is 8.74. The second-order valence-electron chi connectivity index (χ2n) is 3.75. The van der Waals surface area contributed by atoms with E-state index in [0.29, 0.717) is 26.4 Å². The van der Waals surface area contributed by atoms with Crippen LogP contribution in [0.5, 0.6) is 0 Å². The van der Waals surface area contributed by atoms with Gasteiger partial charge in [0.25, 0.3) is 0 Å². The van der Waals surface area contributed by atoms with Crippen LogP contribution in [0.25, 0.3) is 0 Å². The summed E-state index contributed by atoms with van der Waals surface area (Å²) in [6, 6.07) is 2.14. The van der Waals surface area contributed by atoms with Crippen molar-refractivity contribution in [3.05, 3.63) is 0 Å². The van der Waals surface area contributed by atoms with Crippen LogP contribution in [-0.4, -0.2) is 64.2 Å². The monoisotopic (exact) mass is 228 g/mol. The number of hydrogen-bond acceptors (Lipinski definition) is 5. The average molecular weight is 228 g/mol. The van der Waals surface area contributed by atoms with Gasteiger partial charge in [-0.25, -0.2) is 0 Å². The van der Waals surface area contributed by atoms with Crippen molar-refractivity contribution in [3.8, 4) is 6.07 Å². The minimum Gasteiger partial charge on any atom is -0.382 e. The van der Waals surface area contributed by atoms with Crippen LogP contribution in [0.15, 0.2) is 0 Å². The van der Waals surface area contributed by atoms with Crippen molar-refractivity contribution in [2.24, 2.45) is 0 Å². The summed E-state index contributed by atoms with van der Waals surface area (Å²) in [5.41, 5.74) is 0. The Hall–Kier alpha value is -0.670. The van der Waals surface area contributed by atoms with E-state index in [1.807, 2.05) is 0 Å². The third-order valence-electron chi connectivity index (χ3n) is 2.49. The lowest BCUT2D eigenvalue weighted by Crippen LogP contribution is -2.42. The van der Waals surface area contributed by atoms with Gasteiger partial charge >= 0.3 is 0 Å². The van der Waals surface area contributed by atoms with Gasteiger partial charge in [-0.1, -0.05) is 0 Å². The van der Waals surface area contributed by atoms with Gasteiger partial charge in [-0.3, -0.25) is 4.90 Å². The average Bonchev–Trinajstić information content (AvgIpc) is 2.34. The summed E-state index contributed by atoms with van der Waals surface area (Å²) in [4.78, 5) is 2.25. The molecule has 1 heterocycles. The van der Waals surface area contributed by atoms with Crippen LogP contribution in [0.2, 0.25) is 0 Å². The van der Waals surface area contributed by atoms with Gasteiger partial charge in [0.2, 0.25) is 0 Å². The van der Waals surface area contributed by atoms with E-state index in [9.17, 15) is 0 Å². The van der Waals surface area contributed by atoms with Crippen molar-refractivity contribution < 1.29 is 14.2 Å². The molecule has 0 aromatic carbocycles. The predicted octanol–water partition coefficient (Wildman–Crippen LogP) is 0.264. The van der Waals surface area contributed by atoms with Gasteiger partial charge in [-0.2, -0.15) is 5.26 Å². The van der Waals surface area contributed by atoms with Gasteiger partial charge in [-0.05, 0) is 6.42 Å². The molecule has 0 aromatic rings. The summed E-state index contributed by atoms with van der Waals surface area (Å²) < 4.78 is 15.5. The summed E-state index contributed by atoms with van der Waals surface area (Å²) in [6.07, 6.45) is 0.727. The highest BCUT2D eigenvalue weighted by Gasteiger charge is 2.18. The first-order valence-corrected chi connectivity index (χ1v) is 5.67. The van der Waals surface area contributed by atoms with E-state index < -0.39 is 0 Å². The van der Waals surface area contributed by atoms with Crippen molar-refractivity contribution in [2.75, 3.05) is 53.2 Å². The van der Waals surface area contributed by atoms with E-state index in [1.54, 1.807) is 7.11 Å². The third kappa shape index (κ3) is 5.42. The van der Waals surface area contributed by atoms with Crippen LogP contribution >= 0.6 is 0 Å². The Morgan fingerprint density at radius 2 is 2.31 bits per heavy atom. The maximum Gasteiger partial charge on any atom is 0.156 e. The summed E-state index contributed by atoms with van der Waals surface area (Å²) in [7, 11) is 1.67. The van der Waals surface area contributed by atoms with Crippen molar-refractivity contribution >= 4 is 0 Å². The molecule has 1 fully saturated rings. The Morgan fingerprint density at radius 3 is 3.06 bits per heavy atom. The first-order valence-electron chi connectivity index (χ1n) is 5.67. The Bertz CT molecular complexity index is 218. The predicted molar refractivity (Wildman–Crippen MR) is 59.1 cm³/mol. The molecule has 1 saturated heterocycles. The zero-order chi connectivity index (χ0) is 11.6. The smallest absolute Gasteiger partial charge is 0.156 e.